The monoisotopic (exact) mass is 397 g/mol. The Morgan fingerprint density at radius 2 is 1.86 bits per heavy atom. The van der Waals surface area contributed by atoms with E-state index < -0.39 is 0 Å². The highest BCUT2D eigenvalue weighted by Crippen LogP contribution is 2.24. The lowest BCUT2D eigenvalue weighted by atomic mass is 9.95. The molecule has 2 aromatic carbocycles. The first-order valence-corrected chi connectivity index (χ1v) is 10.1. The van der Waals surface area contributed by atoms with Crippen molar-refractivity contribution in [3.8, 4) is 11.1 Å². The zero-order valence-corrected chi connectivity index (χ0v) is 17.0. The van der Waals surface area contributed by atoms with Gasteiger partial charge in [-0.25, -0.2) is 4.39 Å². The van der Waals surface area contributed by atoms with Gasteiger partial charge < -0.3 is 10.2 Å². The minimum absolute atomic E-state index is 0.0459. The summed E-state index contributed by atoms with van der Waals surface area (Å²) in [7, 11) is 1.62. The molecule has 1 fully saturated rings. The van der Waals surface area contributed by atoms with Gasteiger partial charge in [0.15, 0.2) is 0 Å². The van der Waals surface area contributed by atoms with Gasteiger partial charge in [-0.05, 0) is 30.5 Å². The summed E-state index contributed by atoms with van der Waals surface area (Å²) in [5.41, 5.74) is 2.41. The summed E-state index contributed by atoms with van der Waals surface area (Å²) in [6.45, 7) is 4.81. The van der Waals surface area contributed by atoms with Gasteiger partial charge in [-0.3, -0.25) is 14.5 Å². The quantitative estimate of drug-likeness (QED) is 0.815. The number of hydrogen-bond acceptors (Lipinski definition) is 3. The SMILES string of the molecule is CCN1CCN(CC(=O)NC)C[C@H](Cc2ccc(-c3ccccc3F)cc2)C1=O. The highest BCUT2D eigenvalue weighted by atomic mass is 19.1. The second-order valence-electron chi connectivity index (χ2n) is 7.40. The number of nitrogens with one attached hydrogen (secondary N) is 1. The molecule has 0 radical (unpaired) electrons. The van der Waals surface area contributed by atoms with Crippen LogP contribution in [0.3, 0.4) is 0 Å². The van der Waals surface area contributed by atoms with Crippen LogP contribution in [0, 0.1) is 11.7 Å². The van der Waals surface area contributed by atoms with E-state index in [1.807, 2.05) is 47.1 Å². The van der Waals surface area contributed by atoms with Gasteiger partial charge >= 0.3 is 0 Å². The largest absolute Gasteiger partial charge is 0.358 e. The van der Waals surface area contributed by atoms with Gasteiger partial charge in [0, 0.05) is 38.8 Å². The van der Waals surface area contributed by atoms with Crippen molar-refractivity contribution in [2.45, 2.75) is 13.3 Å². The molecule has 1 aliphatic rings. The Morgan fingerprint density at radius 3 is 2.52 bits per heavy atom. The van der Waals surface area contributed by atoms with Crippen LogP contribution in [0.1, 0.15) is 12.5 Å². The van der Waals surface area contributed by atoms with Gasteiger partial charge in [0.05, 0.1) is 12.5 Å². The maximum absolute atomic E-state index is 14.0. The summed E-state index contributed by atoms with van der Waals surface area (Å²) < 4.78 is 14.0. The zero-order chi connectivity index (χ0) is 20.8. The summed E-state index contributed by atoms with van der Waals surface area (Å²) in [5, 5.41) is 2.65. The molecule has 5 nitrogen and oxygen atoms in total. The summed E-state index contributed by atoms with van der Waals surface area (Å²) in [6.07, 6.45) is 0.594. The number of benzene rings is 2. The number of rotatable bonds is 6. The van der Waals surface area contributed by atoms with Crippen molar-refractivity contribution in [3.63, 3.8) is 0 Å². The number of hydrogen-bond donors (Lipinski definition) is 1. The molecular formula is C23H28FN3O2. The summed E-state index contributed by atoms with van der Waals surface area (Å²) in [5.74, 6) is -0.371. The molecule has 3 rings (SSSR count). The molecule has 1 N–H and O–H groups in total. The number of halogens is 1. The number of carbonyl (C=O) groups excluding carboxylic acids is 2. The van der Waals surface area contributed by atoms with E-state index in [-0.39, 0.29) is 23.5 Å². The van der Waals surface area contributed by atoms with Crippen LogP contribution < -0.4 is 5.32 Å². The third kappa shape index (κ3) is 5.21. The smallest absolute Gasteiger partial charge is 0.233 e. The first kappa shape index (κ1) is 21.0. The number of amides is 2. The van der Waals surface area contributed by atoms with E-state index in [9.17, 15) is 14.0 Å². The average molecular weight is 397 g/mol. The Morgan fingerprint density at radius 1 is 1.14 bits per heavy atom. The fourth-order valence-electron chi connectivity index (χ4n) is 3.80. The van der Waals surface area contributed by atoms with Gasteiger partial charge in [0.1, 0.15) is 5.82 Å². The lowest BCUT2D eigenvalue weighted by Crippen LogP contribution is -2.39. The van der Waals surface area contributed by atoms with Crippen molar-refractivity contribution in [1.29, 1.82) is 0 Å². The Kier molecular flexibility index (Phi) is 6.99. The van der Waals surface area contributed by atoms with Gasteiger partial charge in [-0.2, -0.15) is 0 Å². The standard InChI is InChI=1S/C23H28FN3O2/c1-3-27-13-12-26(16-22(28)25-2)15-19(23(27)29)14-17-8-10-18(11-9-17)20-6-4-5-7-21(20)24/h4-11,19H,3,12-16H2,1-2H3,(H,25,28)/t19-/m0/s1. The fraction of sp³-hybridized carbons (Fsp3) is 0.391. The molecule has 1 heterocycles. The summed E-state index contributed by atoms with van der Waals surface area (Å²) >= 11 is 0. The van der Waals surface area contributed by atoms with Crippen molar-refractivity contribution >= 4 is 11.8 Å². The van der Waals surface area contributed by atoms with Crippen LogP contribution in [0.4, 0.5) is 4.39 Å². The Balaban J connectivity index is 1.75. The van der Waals surface area contributed by atoms with E-state index in [1.165, 1.54) is 6.07 Å². The lowest BCUT2D eigenvalue weighted by Gasteiger charge is -2.23. The molecule has 0 aromatic heterocycles. The van der Waals surface area contributed by atoms with Crippen LogP contribution in [-0.2, 0) is 16.0 Å². The van der Waals surface area contributed by atoms with E-state index in [1.54, 1.807) is 19.2 Å². The molecule has 154 valence electrons. The Labute approximate surface area is 171 Å². The van der Waals surface area contributed by atoms with Crippen molar-refractivity contribution in [3.05, 3.63) is 59.9 Å². The highest BCUT2D eigenvalue weighted by molar-refractivity contribution is 5.80. The molecule has 6 heteroatoms. The third-order valence-electron chi connectivity index (χ3n) is 5.47. The molecule has 0 unspecified atom stereocenters. The minimum atomic E-state index is -0.248. The molecule has 0 bridgehead atoms. The van der Waals surface area contributed by atoms with Gasteiger partial charge in [0.2, 0.25) is 11.8 Å². The fourth-order valence-corrected chi connectivity index (χ4v) is 3.80. The van der Waals surface area contributed by atoms with E-state index in [4.69, 9.17) is 0 Å². The van der Waals surface area contributed by atoms with E-state index >= 15 is 0 Å². The molecule has 1 saturated heterocycles. The van der Waals surface area contributed by atoms with Gasteiger partial charge in [-0.15, -0.1) is 0 Å². The predicted molar refractivity (Wildman–Crippen MR) is 112 cm³/mol. The molecule has 0 saturated carbocycles. The first-order chi connectivity index (χ1) is 14.0. The zero-order valence-electron chi connectivity index (χ0n) is 17.0. The van der Waals surface area contributed by atoms with Crippen molar-refractivity contribution < 1.29 is 14.0 Å². The van der Waals surface area contributed by atoms with Crippen LogP contribution in [0.15, 0.2) is 48.5 Å². The minimum Gasteiger partial charge on any atom is -0.358 e. The van der Waals surface area contributed by atoms with Crippen LogP contribution in [-0.4, -0.2) is 61.4 Å². The third-order valence-corrected chi connectivity index (χ3v) is 5.47. The van der Waals surface area contributed by atoms with Crippen molar-refractivity contribution in [1.82, 2.24) is 15.1 Å². The first-order valence-electron chi connectivity index (χ1n) is 10.1. The van der Waals surface area contributed by atoms with E-state index in [2.05, 4.69) is 5.32 Å². The molecule has 2 amide bonds. The van der Waals surface area contributed by atoms with Crippen molar-refractivity contribution in [2.75, 3.05) is 39.8 Å². The van der Waals surface area contributed by atoms with Crippen LogP contribution in [0.2, 0.25) is 0 Å². The van der Waals surface area contributed by atoms with Gasteiger partial charge in [0.25, 0.3) is 0 Å². The Hall–Kier alpha value is -2.73. The normalized spacial score (nSPS) is 17.8. The van der Waals surface area contributed by atoms with Gasteiger partial charge in [-0.1, -0.05) is 42.5 Å². The second-order valence-corrected chi connectivity index (χ2v) is 7.40. The molecule has 0 aliphatic carbocycles. The summed E-state index contributed by atoms with van der Waals surface area (Å²) in [6, 6.07) is 14.4. The molecular weight excluding hydrogens is 369 g/mol. The maximum Gasteiger partial charge on any atom is 0.233 e. The predicted octanol–water partition coefficient (Wildman–Crippen LogP) is 2.56. The Bertz CT molecular complexity index is 853. The van der Waals surface area contributed by atoms with Crippen LogP contribution >= 0.6 is 0 Å². The molecule has 1 aliphatic heterocycles. The van der Waals surface area contributed by atoms with Crippen LogP contribution in [0.5, 0.6) is 0 Å². The molecule has 0 spiro atoms. The second kappa shape index (κ2) is 9.65. The number of nitrogens with zero attached hydrogens (tertiary/aromatic N) is 2. The maximum atomic E-state index is 14.0. The summed E-state index contributed by atoms with van der Waals surface area (Å²) in [4.78, 5) is 28.7. The van der Waals surface area contributed by atoms with Crippen LogP contribution in [0.25, 0.3) is 11.1 Å². The lowest BCUT2D eigenvalue weighted by molar-refractivity contribution is -0.134. The van der Waals surface area contributed by atoms with E-state index in [0.29, 0.717) is 44.7 Å². The van der Waals surface area contributed by atoms with Crippen molar-refractivity contribution in [2.24, 2.45) is 5.92 Å². The van der Waals surface area contributed by atoms with E-state index in [0.717, 1.165) is 11.1 Å². The molecule has 2 aromatic rings. The topological polar surface area (TPSA) is 52.6 Å². The number of likely N-dealkylation sites (N-methyl/N-ethyl adjacent to an activating group) is 2. The average Bonchev–Trinajstić information content (AvgIpc) is 2.87. The number of carbonyl (C=O) groups is 2. The molecule has 29 heavy (non-hydrogen) atoms. The molecule has 1 atom stereocenters. The highest BCUT2D eigenvalue weighted by Gasteiger charge is 2.30.